The molecule has 0 aliphatic heterocycles. The van der Waals surface area contributed by atoms with E-state index in [9.17, 15) is 13.6 Å². The van der Waals surface area contributed by atoms with Crippen molar-refractivity contribution in [3.63, 3.8) is 0 Å². The van der Waals surface area contributed by atoms with E-state index in [1.807, 2.05) is 0 Å². The molecule has 5 heteroatoms. The standard InChI is InChI=1S/C4H6F2O3/c5-4(6)9-2-1-3(7)8/h4H,1-2H2,(H,7,8). The molecule has 0 bridgehead atoms. The Hall–Kier alpha value is -0.710. The van der Waals surface area contributed by atoms with Crippen molar-refractivity contribution in [1.29, 1.82) is 0 Å². The van der Waals surface area contributed by atoms with Crippen LogP contribution in [-0.2, 0) is 9.53 Å². The highest BCUT2D eigenvalue weighted by molar-refractivity contribution is 5.66. The number of alkyl halides is 2. The first-order chi connectivity index (χ1) is 4.13. The van der Waals surface area contributed by atoms with Gasteiger partial charge in [0.05, 0.1) is 13.0 Å². The number of aliphatic carboxylic acids is 1. The molecule has 0 unspecified atom stereocenters. The van der Waals surface area contributed by atoms with Crippen LogP contribution in [0.15, 0.2) is 0 Å². The Kier molecular flexibility index (Phi) is 3.87. The SMILES string of the molecule is O=C(O)CCOC(F)F. The van der Waals surface area contributed by atoms with Crippen molar-refractivity contribution in [2.75, 3.05) is 6.61 Å². The van der Waals surface area contributed by atoms with Crippen molar-refractivity contribution in [1.82, 2.24) is 0 Å². The summed E-state index contributed by atoms with van der Waals surface area (Å²) in [5.41, 5.74) is 0. The summed E-state index contributed by atoms with van der Waals surface area (Å²) in [6.45, 7) is -3.31. The smallest absolute Gasteiger partial charge is 0.345 e. The van der Waals surface area contributed by atoms with E-state index in [1.165, 1.54) is 0 Å². The van der Waals surface area contributed by atoms with Crippen LogP contribution in [0.5, 0.6) is 0 Å². The topological polar surface area (TPSA) is 46.5 Å². The summed E-state index contributed by atoms with van der Waals surface area (Å²) < 4.78 is 25.8. The summed E-state index contributed by atoms with van der Waals surface area (Å²) in [6.07, 6.45) is -0.385. The van der Waals surface area contributed by atoms with Crippen molar-refractivity contribution in [2.24, 2.45) is 0 Å². The lowest BCUT2D eigenvalue weighted by Crippen LogP contribution is -2.05. The Bertz CT molecular complexity index is 93.8. The fourth-order valence-electron chi connectivity index (χ4n) is 0.235. The summed E-state index contributed by atoms with van der Waals surface area (Å²) in [7, 11) is 0. The fourth-order valence-corrected chi connectivity index (χ4v) is 0.235. The van der Waals surface area contributed by atoms with Crippen LogP contribution < -0.4 is 0 Å². The second-order valence-corrected chi connectivity index (χ2v) is 1.28. The van der Waals surface area contributed by atoms with Crippen LogP contribution in [0.4, 0.5) is 8.78 Å². The van der Waals surface area contributed by atoms with Gasteiger partial charge in [-0.2, -0.15) is 8.78 Å². The molecule has 9 heavy (non-hydrogen) atoms. The minimum absolute atomic E-state index is 0.385. The van der Waals surface area contributed by atoms with Crippen molar-refractivity contribution < 1.29 is 23.4 Å². The lowest BCUT2D eigenvalue weighted by Gasteiger charge is -1.97. The number of carbonyl (C=O) groups is 1. The van der Waals surface area contributed by atoms with Gasteiger partial charge in [-0.05, 0) is 0 Å². The quantitative estimate of drug-likeness (QED) is 0.625. The molecule has 0 fully saturated rings. The molecule has 1 N–H and O–H groups in total. The van der Waals surface area contributed by atoms with Gasteiger partial charge in [-0.3, -0.25) is 4.79 Å². The van der Waals surface area contributed by atoms with E-state index in [0.717, 1.165) is 0 Å². The minimum Gasteiger partial charge on any atom is -0.481 e. The van der Waals surface area contributed by atoms with Crippen LogP contribution >= 0.6 is 0 Å². The summed E-state index contributed by atoms with van der Waals surface area (Å²) in [5.74, 6) is -1.14. The van der Waals surface area contributed by atoms with E-state index in [1.54, 1.807) is 0 Å². The number of hydrogen-bond donors (Lipinski definition) is 1. The second-order valence-electron chi connectivity index (χ2n) is 1.28. The maximum atomic E-state index is 11.1. The van der Waals surface area contributed by atoms with E-state index >= 15 is 0 Å². The summed E-state index contributed by atoms with van der Waals surface area (Å²) in [5, 5.41) is 7.90. The van der Waals surface area contributed by atoms with Crippen molar-refractivity contribution in [2.45, 2.75) is 13.0 Å². The molecule has 3 nitrogen and oxygen atoms in total. The number of ether oxygens (including phenoxy) is 1. The third-order valence-electron chi connectivity index (χ3n) is 0.560. The van der Waals surface area contributed by atoms with Crippen LogP contribution in [0, 0.1) is 0 Å². The summed E-state index contributed by atoms with van der Waals surface area (Å²) in [6, 6.07) is 0. The molecular formula is C4H6F2O3. The second kappa shape index (κ2) is 4.20. The molecular weight excluding hydrogens is 134 g/mol. The molecule has 0 spiro atoms. The maximum Gasteiger partial charge on any atom is 0.345 e. The molecule has 54 valence electrons. The van der Waals surface area contributed by atoms with Crippen LogP contribution in [0.25, 0.3) is 0 Å². The van der Waals surface area contributed by atoms with E-state index in [0.29, 0.717) is 0 Å². The Morgan fingerprint density at radius 1 is 1.67 bits per heavy atom. The van der Waals surface area contributed by atoms with Gasteiger partial charge in [0, 0.05) is 0 Å². The van der Waals surface area contributed by atoms with Gasteiger partial charge >= 0.3 is 12.6 Å². The normalized spacial score (nSPS) is 10.1. The van der Waals surface area contributed by atoms with Crippen LogP contribution in [0.2, 0.25) is 0 Å². The average molecular weight is 140 g/mol. The lowest BCUT2D eigenvalue weighted by atomic mass is 10.5. The zero-order chi connectivity index (χ0) is 7.28. The van der Waals surface area contributed by atoms with Crippen LogP contribution in [-0.4, -0.2) is 24.3 Å². The van der Waals surface area contributed by atoms with Crippen molar-refractivity contribution >= 4 is 5.97 Å². The molecule has 0 aromatic rings. The Balaban J connectivity index is 3.01. The lowest BCUT2D eigenvalue weighted by molar-refractivity contribution is -0.148. The molecule has 0 atom stereocenters. The van der Waals surface area contributed by atoms with Crippen LogP contribution in [0.1, 0.15) is 6.42 Å². The molecule has 0 amide bonds. The highest BCUT2D eigenvalue weighted by Gasteiger charge is 2.02. The van der Waals surface area contributed by atoms with Gasteiger partial charge in [0.15, 0.2) is 0 Å². The monoisotopic (exact) mass is 140 g/mol. The zero-order valence-corrected chi connectivity index (χ0v) is 4.51. The van der Waals surface area contributed by atoms with Crippen molar-refractivity contribution in [3.8, 4) is 0 Å². The van der Waals surface area contributed by atoms with Gasteiger partial charge in [0.2, 0.25) is 0 Å². The highest BCUT2D eigenvalue weighted by atomic mass is 19.3. The Morgan fingerprint density at radius 3 is 2.56 bits per heavy atom. The number of rotatable bonds is 4. The Morgan fingerprint density at radius 2 is 2.22 bits per heavy atom. The predicted molar refractivity (Wildman–Crippen MR) is 24.2 cm³/mol. The molecule has 0 aliphatic rings. The van der Waals surface area contributed by atoms with Gasteiger partial charge in [0.25, 0.3) is 0 Å². The van der Waals surface area contributed by atoms with Crippen molar-refractivity contribution in [3.05, 3.63) is 0 Å². The minimum atomic E-state index is -2.87. The molecule has 0 saturated carbocycles. The third-order valence-corrected chi connectivity index (χ3v) is 0.560. The van der Waals surface area contributed by atoms with E-state index in [-0.39, 0.29) is 6.42 Å². The van der Waals surface area contributed by atoms with Crippen LogP contribution in [0.3, 0.4) is 0 Å². The first kappa shape index (κ1) is 8.29. The largest absolute Gasteiger partial charge is 0.481 e. The van der Waals surface area contributed by atoms with E-state index < -0.39 is 19.2 Å². The highest BCUT2D eigenvalue weighted by Crippen LogP contribution is 1.94. The number of carboxylic acid groups (broad SMARTS) is 1. The number of halogens is 2. The van der Waals surface area contributed by atoms with E-state index in [2.05, 4.69) is 4.74 Å². The predicted octanol–water partition coefficient (Wildman–Crippen LogP) is 0.700. The molecule has 0 aromatic heterocycles. The van der Waals surface area contributed by atoms with Gasteiger partial charge < -0.3 is 9.84 Å². The van der Waals surface area contributed by atoms with E-state index in [4.69, 9.17) is 5.11 Å². The average Bonchev–Trinajstić information content (AvgIpc) is 1.63. The molecule has 0 heterocycles. The maximum absolute atomic E-state index is 11.1. The molecule has 0 saturated heterocycles. The van der Waals surface area contributed by atoms with Gasteiger partial charge in [-0.15, -0.1) is 0 Å². The number of carboxylic acids is 1. The van der Waals surface area contributed by atoms with Gasteiger partial charge in [0.1, 0.15) is 0 Å². The third kappa shape index (κ3) is 7.29. The summed E-state index contributed by atoms with van der Waals surface area (Å²) >= 11 is 0. The van der Waals surface area contributed by atoms with Gasteiger partial charge in [-0.25, -0.2) is 0 Å². The molecule has 0 radical (unpaired) electrons. The molecule has 0 rings (SSSR count). The summed E-state index contributed by atoms with van der Waals surface area (Å²) in [4.78, 5) is 9.66. The molecule has 0 aromatic carbocycles. The number of hydrogen-bond acceptors (Lipinski definition) is 2. The Labute approximate surface area is 50.2 Å². The first-order valence-corrected chi connectivity index (χ1v) is 2.24. The fraction of sp³-hybridized carbons (Fsp3) is 0.750. The first-order valence-electron chi connectivity index (χ1n) is 2.24. The molecule has 0 aliphatic carbocycles. The van der Waals surface area contributed by atoms with Gasteiger partial charge in [-0.1, -0.05) is 0 Å². The zero-order valence-electron chi connectivity index (χ0n) is 4.51.